The Bertz CT molecular complexity index is 580. The van der Waals surface area contributed by atoms with Crippen LogP contribution in [-0.2, 0) is 10.0 Å². The smallest absolute Gasteiger partial charge is 0.243 e. The lowest BCUT2D eigenvalue weighted by Crippen LogP contribution is -2.44. The van der Waals surface area contributed by atoms with E-state index >= 15 is 0 Å². The Kier molecular flexibility index (Phi) is 7.06. The predicted octanol–water partition coefficient (Wildman–Crippen LogP) is 2.81. The van der Waals surface area contributed by atoms with Crippen molar-refractivity contribution in [2.24, 2.45) is 11.7 Å². The molecule has 1 aliphatic rings. The van der Waals surface area contributed by atoms with Crippen molar-refractivity contribution in [2.75, 3.05) is 6.54 Å². The lowest BCUT2D eigenvalue weighted by atomic mass is 9.99. The average molecular weight is 402 g/mol. The Balaban J connectivity index is 0.00000220. The first-order chi connectivity index (χ1) is 9.44. The maximum Gasteiger partial charge on any atom is 0.243 e. The van der Waals surface area contributed by atoms with Crippen LogP contribution in [0.1, 0.15) is 25.7 Å². The van der Waals surface area contributed by atoms with Crippen molar-refractivity contribution >= 4 is 38.4 Å². The van der Waals surface area contributed by atoms with Crippen LogP contribution < -0.4 is 10.5 Å². The summed E-state index contributed by atoms with van der Waals surface area (Å²) < 4.78 is 41.4. The van der Waals surface area contributed by atoms with Crippen LogP contribution in [0.5, 0.6) is 0 Å². The predicted molar refractivity (Wildman–Crippen MR) is 86.5 cm³/mol. The summed E-state index contributed by atoms with van der Waals surface area (Å²) in [5.74, 6) is -0.526. The molecule has 8 heteroatoms. The number of hydrogen-bond acceptors (Lipinski definition) is 3. The first kappa shape index (κ1) is 18.8. The van der Waals surface area contributed by atoms with Crippen molar-refractivity contribution < 1.29 is 12.8 Å². The lowest BCUT2D eigenvalue weighted by Gasteiger charge is -2.23. The topological polar surface area (TPSA) is 72.2 Å². The molecule has 21 heavy (non-hydrogen) atoms. The molecule has 1 fully saturated rings. The molecule has 3 N–H and O–H groups in total. The first-order valence-electron chi connectivity index (χ1n) is 6.61. The number of nitrogens with two attached hydrogens (primary N) is 1. The van der Waals surface area contributed by atoms with Crippen LogP contribution in [0.3, 0.4) is 0 Å². The van der Waals surface area contributed by atoms with E-state index in [1.807, 2.05) is 0 Å². The van der Waals surface area contributed by atoms with E-state index in [9.17, 15) is 12.8 Å². The second-order valence-electron chi connectivity index (χ2n) is 5.08. The maximum atomic E-state index is 13.8. The fourth-order valence-electron chi connectivity index (χ4n) is 2.65. The maximum absolute atomic E-state index is 13.8. The van der Waals surface area contributed by atoms with Crippen molar-refractivity contribution in [3.05, 3.63) is 28.5 Å². The van der Waals surface area contributed by atoms with Crippen molar-refractivity contribution in [1.82, 2.24) is 4.72 Å². The van der Waals surface area contributed by atoms with E-state index in [1.54, 1.807) is 0 Å². The molecule has 0 radical (unpaired) electrons. The van der Waals surface area contributed by atoms with E-state index < -0.39 is 15.8 Å². The Labute approximate surface area is 139 Å². The first-order valence-corrected chi connectivity index (χ1v) is 8.89. The minimum absolute atomic E-state index is 0. The quantitative estimate of drug-likeness (QED) is 0.797. The molecular weight excluding hydrogens is 383 g/mol. The van der Waals surface area contributed by atoms with E-state index in [0.29, 0.717) is 4.47 Å². The Morgan fingerprint density at radius 3 is 2.52 bits per heavy atom. The molecule has 1 saturated carbocycles. The van der Waals surface area contributed by atoms with Gasteiger partial charge in [0.1, 0.15) is 10.7 Å². The molecule has 0 spiro atoms. The highest BCUT2D eigenvalue weighted by atomic mass is 79.9. The minimum Gasteiger partial charge on any atom is -0.329 e. The van der Waals surface area contributed by atoms with Gasteiger partial charge < -0.3 is 5.73 Å². The van der Waals surface area contributed by atoms with Gasteiger partial charge in [0.15, 0.2) is 0 Å². The molecule has 0 saturated heterocycles. The normalized spacial score (nSPS) is 17.5. The molecule has 0 amide bonds. The van der Waals surface area contributed by atoms with Gasteiger partial charge in [-0.1, -0.05) is 28.8 Å². The van der Waals surface area contributed by atoms with Crippen LogP contribution >= 0.6 is 28.3 Å². The van der Waals surface area contributed by atoms with Gasteiger partial charge >= 0.3 is 0 Å². The molecule has 4 nitrogen and oxygen atoms in total. The second kappa shape index (κ2) is 7.87. The third-order valence-electron chi connectivity index (χ3n) is 3.71. The summed E-state index contributed by atoms with van der Waals surface area (Å²) in [5.41, 5.74) is 5.67. The molecule has 0 aliphatic heterocycles. The van der Waals surface area contributed by atoms with Crippen molar-refractivity contribution in [3.63, 3.8) is 0 Å². The van der Waals surface area contributed by atoms with E-state index in [-0.39, 0.29) is 35.8 Å². The molecule has 1 aromatic carbocycles. The van der Waals surface area contributed by atoms with Gasteiger partial charge in [-0.25, -0.2) is 17.5 Å². The number of rotatable bonds is 5. The highest BCUT2D eigenvalue weighted by Gasteiger charge is 2.29. The molecule has 1 aliphatic carbocycles. The minimum atomic E-state index is -3.88. The second-order valence-corrected chi connectivity index (χ2v) is 7.68. The van der Waals surface area contributed by atoms with Gasteiger partial charge in [-0.05, 0) is 37.0 Å². The van der Waals surface area contributed by atoms with Gasteiger partial charge in [-0.15, -0.1) is 12.4 Å². The number of sulfonamides is 1. The molecule has 1 atom stereocenters. The van der Waals surface area contributed by atoms with Gasteiger partial charge in [0.2, 0.25) is 10.0 Å². The summed E-state index contributed by atoms with van der Waals surface area (Å²) in [4.78, 5) is -0.336. The Hall–Kier alpha value is -0.210. The summed E-state index contributed by atoms with van der Waals surface area (Å²) in [6.07, 6.45) is 4.12. The standard InChI is InChI=1S/C13H18BrFN2O2S.ClH/c14-10-5-6-13(11(15)7-10)20(18,19)17-12(8-16)9-3-1-2-4-9;/h5-7,9,12,17H,1-4,8,16H2;1H. The van der Waals surface area contributed by atoms with Gasteiger partial charge in [-0.3, -0.25) is 0 Å². The van der Waals surface area contributed by atoms with E-state index in [1.165, 1.54) is 12.1 Å². The number of nitrogens with one attached hydrogen (secondary N) is 1. The van der Waals surface area contributed by atoms with Crippen LogP contribution in [0.4, 0.5) is 4.39 Å². The molecule has 0 aromatic heterocycles. The van der Waals surface area contributed by atoms with Gasteiger partial charge in [-0.2, -0.15) is 0 Å². The Morgan fingerprint density at radius 2 is 2.00 bits per heavy atom. The van der Waals surface area contributed by atoms with Crippen LogP contribution in [0.2, 0.25) is 0 Å². The van der Waals surface area contributed by atoms with Gasteiger partial charge in [0, 0.05) is 17.1 Å². The van der Waals surface area contributed by atoms with E-state index in [4.69, 9.17) is 5.73 Å². The zero-order chi connectivity index (χ0) is 14.8. The summed E-state index contributed by atoms with van der Waals surface area (Å²) in [7, 11) is -3.88. The molecular formula is C13H19BrClFN2O2S. The molecule has 0 heterocycles. The number of hydrogen-bond donors (Lipinski definition) is 2. The summed E-state index contributed by atoms with van der Waals surface area (Å²) in [6.45, 7) is 0.224. The van der Waals surface area contributed by atoms with Gasteiger partial charge in [0.05, 0.1) is 0 Å². The zero-order valence-electron chi connectivity index (χ0n) is 11.4. The number of benzene rings is 1. The Morgan fingerprint density at radius 1 is 1.38 bits per heavy atom. The SMILES string of the molecule is Cl.NCC(NS(=O)(=O)c1ccc(Br)cc1F)C1CCCC1. The molecule has 0 bridgehead atoms. The van der Waals surface area contributed by atoms with Crippen LogP contribution in [-0.4, -0.2) is 21.0 Å². The van der Waals surface area contributed by atoms with Crippen LogP contribution in [0, 0.1) is 11.7 Å². The average Bonchev–Trinajstić information content (AvgIpc) is 2.89. The van der Waals surface area contributed by atoms with E-state index in [0.717, 1.165) is 31.7 Å². The monoisotopic (exact) mass is 400 g/mol. The number of halogens is 3. The van der Waals surface area contributed by atoms with Crippen LogP contribution in [0.15, 0.2) is 27.6 Å². The largest absolute Gasteiger partial charge is 0.329 e. The molecule has 2 rings (SSSR count). The summed E-state index contributed by atoms with van der Waals surface area (Å²) >= 11 is 3.11. The van der Waals surface area contributed by atoms with Crippen molar-refractivity contribution in [2.45, 2.75) is 36.6 Å². The van der Waals surface area contributed by atoms with Gasteiger partial charge in [0.25, 0.3) is 0 Å². The van der Waals surface area contributed by atoms with E-state index in [2.05, 4.69) is 20.7 Å². The highest BCUT2D eigenvalue weighted by molar-refractivity contribution is 9.10. The summed E-state index contributed by atoms with van der Waals surface area (Å²) in [6, 6.07) is 3.57. The summed E-state index contributed by atoms with van der Waals surface area (Å²) in [5, 5.41) is 0. The van der Waals surface area contributed by atoms with Crippen LogP contribution in [0.25, 0.3) is 0 Å². The molecule has 120 valence electrons. The zero-order valence-corrected chi connectivity index (χ0v) is 14.6. The molecule has 1 unspecified atom stereocenters. The molecule has 1 aromatic rings. The fourth-order valence-corrected chi connectivity index (χ4v) is 4.36. The lowest BCUT2D eigenvalue weighted by molar-refractivity contribution is 0.404. The van der Waals surface area contributed by atoms with Crippen molar-refractivity contribution in [3.8, 4) is 0 Å². The highest BCUT2D eigenvalue weighted by Crippen LogP contribution is 2.28. The van der Waals surface area contributed by atoms with Crippen molar-refractivity contribution in [1.29, 1.82) is 0 Å². The third-order valence-corrected chi connectivity index (χ3v) is 5.73. The fraction of sp³-hybridized carbons (Fsp3) is 0.538. The third kappa shape index (κ3) is 4.63.